The van der Waals surface area contributed by atoms with E-state index in [1.807, 2.05) is 19.9 Å². The van der Waals surface area contributed by atoms with Crippen molar-refractivity contribution < 1.29 is 23.9 Å². The summed E-state index contributed by atoms with van der Waals surface area (Å²) in [6.45, 7) is 6.98. The van der Waals surface area contributed by atoms with Gasteiger partial charge in [-0.25, -0.2) is 0 Å². The molecular weight excluding hydrogens is 305 g/mol. The molecule has 1 saturated heterocycles. The van der Waals surface area contributed by atoms with Crippen molar-refractivity contribution in [2.75, 3.05) is 19.3 Å². The van der Waals surface area contributed by atoms with Gasteiger partial charge in [0.15, 0.2) is 0 Å². The van der Waals surface area contributed by atoms with Gasteiger partial charge in [-0.3, -0.25) is 9.36 Å². The summed E-state index contributed by atoms with van der Waals surface area (Å²) >= 11 is 0. The first-order chi connectivity index (χ1) is 10.3. The van der Waals surface area contributed by atoms with E-state index < -0.39 is 7.60 Å². The van der Waals surface area contributed by atoms with Crippen LogP contribution in [0, 0.1) is 11.3 Å². The Morgan fingerprint density at radius 2 is 2.00 bits per heavy atom. The SMILES string of the molecule is CCOC(=O)C1NCCC1C(C=CCP(=O)(O)O)(CC)CC. The predicted molar refractivity (Wildman–Crippen MR) is 85.6 cm³/mol. The van der Waals surface area contributed by atoms with Crippen LogP contribution in [0.15, 0.2) is 12.2 Å². The lowest BCUT2D eigenvalue weighted by Crippen LogP contribution is -2.43. The minimum atomic E-state index is -4.04. The molecule has 0 aromatic heterocycles. The third-order valence-corrected chi connectivity index (χ3v) is 5.30. The Hall–Kier alpha value is -0.680. The molecule has 0 radical (unpaired) electrons. The monoisotopic (exact) mass is 333 g/mol. The maximum absolute atomic E-state index is 12.1. The number of hydrogen-bond acceptors (Lipinski definition) is 4. The highest BCUT2D eigenvalue weighted by Gasteiger charge is 2.44. The molecular formula is C15H28NO5P. The van der Waals surface area contributed by atoms with Gasteiger partial charge in [0.25, 0.3) is 0 Å². The molecule has 1 aliphatic rings. The van der Waals surface area contributed by atoms with Crippen molar-refractivity contribution in [2.24, 2.45) is 11.3 Å². The smallest absolute Gasteiger partial charge is 0.329 e. The fourth-order valence-corrected chi connectivity index (χ4v) is 3.74. The number of allylic oxidation sites excluding steroid dienone is 2. The molecule has 7 heteroatoms. The number of nitrogens with one attached hydrogen (secondary N) is 1. The van der Waals surface area contributed by atoms with E-state index in [0.717, 1.165) is 25.8 Å². The van der Waals surface area contributed by atoms with Crippen LogP contribution in [-0.4, -0.2) is 41.1 Å². The van der Waals surface area contributed by atoms with Crippen LogP contribution in [0.4, 0.5) is 0 Å². The van der Waals surface area contributed by atoms with Gasteiger partial charge >= 0.3 is 13.6 Å². The highest BCUT2D eigenvalue weighted by Crippen LogP contribution is 2.44. The van der Waals surface area contributed by atoms with Gasteiger partial charge in [-0.2, -0.15) is 0 Å². The second-order valence-electron chi connectivity index (χ2n) is 5.77. The van der Waals surface area contributed by atoms with Crippen LogP contribution in [0.1, 0.15) is 40.0 Å². The molecule has 0 aromatic rings. The summed E-state index contributed by atoms with van der Waals surface area (Å²) in [5.74, 6) is -0.158. The van der Waals surface area contributed by atoms with Crippen LogP contribution in [0.3, 0.4) is 0 Å². The number of esters is 1. The van der Waals surface area contributed by atoms with Crippen molar-refractivity contribution in [1.29, 1.82) is 0 Å². The van der Waals surface area contributed by atoms with Crippen LogP contribution in [0.2, 0.25) is 0 Å². The zero-order valence-electron chi connectivity index (χ0n) is 13.6. The summed E-state index contributed by atoms with van der Waals surface area (Å²) < 4.78 is 16.2. The Labute approximate surface area is 132 Å². The third-order valence-electron chi connectivity index (χ3n) is 4.61. The topological polar surface area (TPSA) is 95.9 Å². The summed E-state index contributed by atoms with van der Waals surface area (Å²) in [6, 6.07) is -0.348. The van der Waals surface area contributed by atoms with Crippen LogP contribution in [0.5, 0.6) is 0 Å². The van der Waals surface area contributed by atoms with Gasteiger partial charge in [-0.1, -0.05) is 26.0 Å². The normalized spacial score (nSPS) is 23.1. The van der Waals surface area contributed by atoms with E-state index in [2.05, 4.69) is 5.32 Å². The molecule has 22 heavy (non-hydrogen) atoms. The van der Waals surface area contributed by atoms with Crippen LogP contribution in [0.25, 0.3) is 0 Å². The van der Waals surface area contributed by atoms with E-state index in [9.17, 15) is 9.36 Å². The highest BCUT2D eigenvalue weighted by molar-refractivity contribution is 7.51. The van der Waals surface area contributed by atoms with Crippen molar-refractivity contribution in [2.45, 2.75) is 46.1 Å². The Bertz CT molecular complexity index is 441. The number of carbonyl (C=O) groups is 1. The molecule has 2 atom stereocenters. The largest absolute Gasteiger partial charge is 0.465 e. The molecule has 0 amide bonds. The molecule has 0 saturated carbocycles. The Kier molecular flexibility index (Phi) is 7.26. The van der Waals surface area contributed by atoms with Crippen molar-refractivity contribution in [1.82, 2.24) is 5.32 Å². The van der Waals surface area contributed by atoms with E-state index in [0.29, 0.717) is 6.61 Å². The fraction of sp³-hybridized carbons (Fsp3) is 0.800. The number of rotatable bonds is 8. The molecule has 0 aliphatic carbocycles. The summed E-state index contributed by atoms with van der Waals surface area (Å²) in [4.78, 5) is 30.2. The summed E-state index contributed by atoms with van der Waals surface area (Å²) in [5.41, 5.74) is -0.254. The van der Waals surface area contributed by atoms with Gasteiger partial charge in [-0.15, -0.1) is 0 Å². The highest BCUT2D eigenvalue weighted by atomic mass is 31.2. The van der Waals surface area contributed by atoms with E-state index in [4.69, 9.17) is 14.5 Å². The first-order valence-electron chi connectivity index (χ1n) is 7.92. The van der Waals surface area contributed by atoms with Gasteiger partial charge in [-0.05, 0) is 44.1 Å². The molecule has 128 valence electrons. The van der Waals surface area contributed by atoms with Crippen LogP contribution >= 0.6 is 7.60 Å². The maximum Gasteiger partial charge on any atom is 0.329 e. The van der Waals surface area contributed by atoms with Crippen molar-refractivity contribution in [3.63, 3.8) is 0 Å². The average Bonchev–Trinajstić information content (AvgIpc) is 2.93. The van der Waals surface area contributed by atoms with E-state index in [1.54, 1.807) is 13.0 Å². The van der Waals surface area contributed by atoms with Gasteiger partial charge in [0, 0.05) is 0 Å². The minimum Gasteiger partial charge on any atom is -0.465 e. The Morgan fingerprint density at radius 1 is 1.36 bits per heavy atom. The average molecular weight is 333 g/mol. The van der Waals surface area contributed by atoms with Gasteiger partial charge in [0.05, 0.1) is 12.8 Å². The van der Waals surface area contributed by atoms with Gasteiger partial charge < -0.3 is 19.8 Å². The fourth-order valence-electron chi connectivity index (χ4n) is 3.36. The zero-order chi connectivity index (χ0) is 16.8. The molecule has 6 nitrogen and oxygen atoms in total. The zero-order valence-corrected chi connectivity index (χ0v) is 14.5. The molecule has 0 spiro atoms. The molecule has 1 rings (SSSR count). The molecule has 1 fully saturated rings. The number of hydrogen-bond donors (Lipinski definition) is 3. The number of ether oxygens (including phenoxy) is 1. The standard InChI is InChI=1S/C15H28NO5P/c1-4-15(5-2,9-7-11-22(18,19)20)12-8-10-16-13(12)14(17)21-6-3/h7,9,12-13,16H,4-6,8,10-11H2,1-3H3,(H2,18,19,20). The lowest BCUT2D eigenvalue weighted by atomic mass is 9.68. The first kappa shape index (κ1) is 19.4. The molecule has 0 bridgehead atoms. The van der Waals surface area contributed by atoms with E-state index in [1.165, 1.54) is 0 Å². The second kappa shape index (κ2) is 8.25. The van der Waals surface area contributed by atoms with Crippen molar-refractivity contribution >= 4 is 13.6 Å². The maximum atomic E-state index is 12.1. The quantitative estimate of drug-likeness (QED) is 0.357. The first-order valence-corrected chi connectivity index (χ1v) is 9.71. The summed E-state index contributed by atoms with van der Waals surface area (Å²) in [5, 5.41) is 3.21. The minimum absolute atomic E-state index is 0.0783. The van der Waals surface area contributed by atoms with Gasteiger partial charge in [0.2, 0.25) is 0 Å². The molecule has 1 heterocycles. The van der Waals surface area contributed by atoms with Crippen molar-refractivity contribution in [3.05, 3.63) is 12.2 Å². The molecule has 3 N–H and O–H groups in total. The second-order valence-corrected chi connectivity index (χ2v) is 7.46. The van der Waals surface area contributed by atoms with Crippen LogP contribution < -0.4 is 5.32 Å². The summed E-state index contributed by atoms with van der Waals surface area (Å²) in [7, 11) is -4.04. The van der Waals surface area contributed by atoms with Crippen molar-refractivity contribution in [3.8, 4) is 0 Å². The Morgan fingerprint density at radius 3 is 2.50 bits per heavy atom. The lowest BCUT2D eigenvalue weighted by Gasteiger charge is -2.37. The van der Waals surface area contributed by atoms with E-state index >= 15 is 0 Å². The molecule has 1 aliphatic heterocycles. The van der Waals surface area contributed by atoms with Crippen LogP contribution in [-0.2, 0) is 14.1 Å². The number of carbonyl (C=O) groups excluding carboxylic acids is 1. The molecule has 2 unspecified atom stereocenters. The molecule has 0 aromatic carbocycles. The van der Waals surface area contributed by atoms with E-state index in [-0.39, 0.29) is 29.5 Å². The van der Waals surface area contributed by atoms with Gasteiger partial charge in [0.1, 0.15) is 6.04 Å². The lowest BCUT2D eigenvalue weighted by molar-refractivity contribution is -0.147. The summed E-state index contributed by atoms with van der Waals surface area (Å²) in [6.07, 6.45) is 5.67. The predicted octanol–water partition coefficient (Wildman–Crippen LogP) is 2.07. The Balaban J connectivity index is 2.96. The third kappa shape index (κ3) is 4.92.